The Hall–Kier alpha value is -3.65. The van der Waals surface area contributed by atoms with Crippen molar-refractivity contribution in [3.63, 3.8) is 0 Å². The van der Waals surface area contributed by atoms with Crippen LogP contribution >= 0.6 is 0 Å². The second-order valence-electron chi connectivity index (χ2n) is 11.5. The van der Waals surface area contributed by atoms with Crippen LogP contribution in [0.3, 0.4) is 0 Å². The molecule has 0 radical (unpaired) electrons. The standard InChI is InChI=1S/C34H41N3O4/c1-23(2)37-19-16-34(17-20-37,25-8-4-3-5-9-25)28-21-24(10-13-29(28)38)7-6-18-35-22-31(40)26-11-14-30(39)33-27(26)12-15-32(41)36-33/h3-5,8-15,21,23,31,35,38-40H,6-7,16-20,22H2,1-2H3,(H,36,41)/t31-/m0/s1. The lowest BCUT2D eigenvalue weighted by Crippen LogP contribution is -2.45. The molecular weight excluding hydrogens is 514 g/mol. The predicted octanol–water partition coefficient (Wildman–Crippen LogP) is 4.99. The Kier molecular flexibility index (Phi) is 8.78. The van der Waals surface area contributed by atoms with Crippen LogP contribution in [0.2, 0.25) is 0 Å². The molecule has 5 N–H and O–H groups in total. The molecule has 41 heavy (non-hydrogen) atoms. The molecular formula is C34H41N3O4. The van der Waals surface area contributed by atoms with E-state index in [1.807, 2.05) is 18.2 Å². The second kappa shape index (κ2) is 12.5. The number of phenols is 2. The number of aliphatic hydroxyl groups is 1. The van der Waals surface area contributed by atoms with Crippen LogP contribution in [-0.2, 0) is 11.8 Å². The number of fused-ring (bicyclic) bond motifs is 1. The van der Waals surface area contributed by atoms with E-state index in [0.717, 1.165) is 44.3 Å². The fraction of sp³-hybridized carbons (Fsp3) is 0.382. The van der Waals surface area contributed by atoms with E-state index in [4.69, 9.17) is 0 Å². The molecule has 4 aromatic rings. The van der Waals surface area contributed by atoms with Crippen LogP contribution in [0.4, 0.5) is 0 Å². The highest BCUT2D eigenvalue weighted by molar-refractivity contribution is 5.87. The smallest absolute Gasteiger partial charge is 0.248 e. The third-order valence-corrected chi connectivity index (χ3v) is 8.71. The molecule has 1 aromatic heterocycles. The monoisotopic (exact) mass is 555 g/mol. The van der Waals surface area contributed by atoms with E-state index < -0.39 is 6.10 Å². The number of nitrogens with one attached hydrogen (secondary N) is 2. The lowest BCUT2D eigenvalue weighted by Gasteiger charge is -2.44. The number of aromatic amines is 1. The van der Waals surface area contributed by atoms with Gasteiger partial charge >= 0.3 is 0 Å². The molecule has 1 aliphatic heterocycles. The number of aliphatic hydroxyl groups excluding tert-OH is 1. The van der Waals surface area contributed by atoms with Gasteiger partial charge in [0.15, 0.2) is 0 Å². The fourth-order valence-electron chi connectivity index (χ4n) is 6.33. The Balaban J connectivity index is 1.24. The number of pyridine rings is 1. The maximum absolute atomic E-state index is 11.7. The predicted molar refractivity (Wildman–Crippen MR) is 164 cm³/mol. The first-order chi connectivity index (χ1) is 19.8. The van der Waals surface area contributed by atoms with Crippen LogP contribution in [0.15, 0.2) is 77.6 Å². The van der Waals surface area contributed by atoms with Gasteiger partial charge < -0.3 is 30.5 Å². The number of hydrogen-bond donors (Lipinski definition) is 5. The highest BCUT2D eigenvalue weighted by Gasteiger charge is 2.40. The van der Waals surface area contributed by atoms with Crippen molar-refractivity contribution in [1.29, 1.82) is 0 Å². The summed E-state index contributed by atoms with van der Waals surface area (Å²) in [6, 6.07) is 23.4. The maximum Gasteiger partial charge on any atom is 0.248 e. The molecule has 7 heteroatoms. The number of aryl methyl sites for hydroxylation is 1. The lowest BCUT2D eigenvalue weighted by molar-refractivity contribution is 0.144. The Morgan fingerprint density at radius 1 is 0.951 bits per heavy atom. The number of likely N-dealkylation sites (tertiary alicyclic amines) is 1. The summed E-state index contributed by atoms with van der Waals surface area (Å²) in [6.07, 6.45) is 2.87. The zero-order chi connectivity index (χ0) is 29.0. The molecule has 0 bridgehead atoms. The van der Waals surface area contributed by atoms with Crippen molar-refractivity contribution in [2.75, 3.05) is 26.2 Å². The van der Waals surface area contributed by atoms with Gasteiger partial charge in [0, 0.05) is 35.0 Å². The van der Waals surface area contributed by atoms with E-state index in [9.17, 15) is 20.1 Å². The summed E-state index contributed by atoms with van der Waals surface area (Å²) >= 11 is 0. The van der Waals surface area contributed by atoms with Crippen molar-refractivity contribution >= 4 is 10.9 Å². The summed E-state index contributed by atoms with van der Waals surface area (Å²) in [6.45, 7) is 7.55. The van der Waals surface area contributed by atoms with E-state index >= 15 is 0 Å². The first kappa shape index (κ1) is 28.9. The number of benzene rings is 3. The Bertz CT molecular complexity index is 1520. The van der Waals surface area contributed by atoms with Gasteiger partial charge in [-0.3, -0.25) is 4.79 Å². The summed E-state index contributed by atoms with van der Waals surface area (Å²) in [7, 11) is 0. The average molecular weight is 556 g/mol. The highest BCUT2D eigenvalue weighted by atomic mass is 16.3. The SMILES string of the molecule is CC(C)N1CCC(c2ccccc2)(c2cc(CCCNC[C@H](O)c3ccc(O)c4[nH]c(=O)ccc34)ccc2O)CC1. The van der Waals surface area contributed by atoms with Crippen LogP contribution in [-0.4, -0.2) is 57.4 Å². The summed E-state index contributed by atoms with van der Waals surface area (Å²) in [5, 5.41) is 36.0. The van der Waals surface area contributed by atoms with Crippen molar-refractivity contribution in [3.05, 3.63) is 105 Å². The Labute approximate surface area is 241 Å². The highest BCUT2D eigenvalue weighted by Crippen LogP contribution is 2.45. The number of hydrogen-bond acceptors (Lipinski definition) is 6. The minimum atomic E-state index is -0.785. The van der Waals surface area contributed by atoms with E-state index in [1.54, 1.807) is 12.1 Å². The number of H-pyrrole nitrogens is 1. The quantitative estimate of drug-likeness (QED) is 0.177. The van der Waals surface area contributed by atoms with Crippen LogP contribution in [0.5, 0.6) is 11.5 Å². The number of piperidine rings is 1. The number of rotatable bonds is 10. The van der Waals surface area contributed by atoms with Crippen LogP contribution < -0.4 is 10.9 Å². The minimum Gasteiger partial charge on any atom is -0.508 e. The molecule has 1 atom stereocenters. The molecule has 0 unspecified atom stereocenters. The van der Waals surface area contributed by atoms with E-state index in [0.29, 0.717) is 41.3 Å². The summed E-state index contributed by atoms with van der Waals surface area (Å²) in [4.78, 5) is 16.8. The molecule has 216 valence electrons. The summed E-state index contributed by atoms with van der Waals surface area (Å²) in [5.41, 5.74) is 3.94. The minimum absolute atomic E-state index is 0.0191. The van der Waals surface area contributed by atoms with Gasteiger partial charge in [0.1, 0.15) is 11.5 Å². The van der Waals surface area contributed by atoms with Crippen LogP contribution in [0.25, 0.3) is 10.9 Å². The topological polar surface area (TPSA) is 109 Å². The molecule has 1 aliphatic rings. The molecule has 1 saturated heterocycles. The molecule has 2 heterocycles. The van der Waals surface area contributed by atoms with Gasteiger partial charge in [0.05, 0.1) is 11.6 Å². The maximum atomic E-state index is 11.7. The third-order valence-electron chi connectivity index (χ3n) is 8.71. The Morgan fingerprint density at radius 2 is 1.68 bits per heavy atom. The molecule has 1 fully saturated rings. The van der Waals surface area contributed by atoms with Gasteiger partial charge in [0.25, 0.3) is 0 Å². The average Bonchev–Trinajstić information content (AvgIpc) is 2.98. The number of phenolic OH excluding ortho intramolecular Hbond substituents is 2. The number of nitrogens with zero attached hydrogens (tertiary/aromatic N) is 1. The number of aromatic hydroxyl groups is 2. The van der Waals surface area contributed by atoms with Crippen molar-refractivity contribution in [3.8, 4) is 11.5 Å². The van der Waals surface area contributed by atoms with Crippen molar-refractivity contribution in [2.24, 2.45) is 0 Å². The zero-order valence-electron chi connectivity index (χ0n) is 23.9. The zero-order valence-corrected chi connectivity index (χ0v) is 23.9. The number of aromatic nitrogens is 1. The third kappa shape index (κ3) is 6.17. The largest absolute Gasteiger partial charge is 0.508 e. The fourth-order valence-corrected chi connectivity index (χ4v) is 6.33. The second-order valence-corrected chi connectivity index (χ2v) is 11.5. The molecule has 0 saturated carbocycles. The van der Waals surface area contributed by atoms with Gasteiger partial charge in [-0.15, -0.1) is 0 Å². The van der Waals surface area contributed by atoms with Gasteiger partial charge in [-0.1, -0.05) is 48.5 Å². The molecule has 0 amide bonds. The van der Waals surface area contributed by atoms with E-state index in [1.165, 1.54) is 23.3 Å². The normalized spacial score (nSPS) is 16.3. The van der Waals surface area contributed by atoms with Crippen LogP contribution in [0, 0.1) is 0 Å². The van der Waals surface area contributed by atoms with Gasteiger partial charge in [-0.2, -0.15) is 0 Å². The summed E-state index contributed by atoms with van der Waals surface area (Å²) in [5.74, 6) is 0.341. The van der Waals surface area contributed by atoms with Crippen molar-refractivity contribution in [2.45, 2.75) is 57.1 Å². The molecule has 0 spiro atoms. The van der Waals surface area contributed by atoms with Gasteiger partial charge in [-0.25, -0.2) is 0 Å². The lowest BCUT2D eigenvalue weighted by atomic mass is 9.67. The first-order valence-electron chi connectivity index (χ1n) is 14.6. The first-order valence-corrected chi connectivity index (χ1v) is 14.6. The molecule has 3 aromatic carbocycles. The van der Waals surface area contributed by atoms with E-state index in [2.05, 4.69) is 59.4 Å². The molecule has 7 nitrogen and oxygen atoms in total. The van der Waals surface area contributed by atoms with Crippen molar-refractivity contribution < 1.29 is 15.3 Å². The van der Waals surface area contributed by atoms with Crippen LogP contribution in [0.1, 0.15) is 61.5 Å². The van der Waals surface area contributed by atoms with Gasteiger partial charge in [0.2, 0.25) is 5.56 Å². The summed E-state index contributed by atoms with van der Waals surface area (Å²) < 4.78 is 0. The molecule has 5 rings (SSSR count). The van der Waals surface area contributed by atoms with E-state index in [-0.39, 0.29) is 16.7 Å². The Morgan fingerprint density at radius 3 is 2.41 bits per heavy atom. The van der Waals surface area contributed by atoms with Crippen molar-refractivity contribution in [1.82, 2.24) is 15.2 Å². The molecule has 0 aliphatic carbocycles. The van der Waals surface area contributed by atoms with Gasteiger partial charge in [-0.05, 0) is 94.1 Å².